The average molecular weight is 557 g/mol. The summed E-state index contributed by atoms with van der Waals surface area (Å²) in [5, 5.41) is 0. The van der Waals surface area contributed by atoms with E-state index in [1.165, 1.54) is 0 Å². The third kappa shape index (κ3) is 5.51. The third-order valence-corrected chi connectivity index (χ3v) is 7.71. The van der Waals surface area contributed by atoms with Crippen molar-refractivity contribution >= 4 is 6.21 Å². The van der Waals surface area contributed by atoms with Crippen LogP contribution in [0.2, 0.25) is 0 Å². The molecule has 6 heterocycles. The van der Waals surface area contributed by atoms with Crippen molar-refractivity contribution in [2.75, 3.05) is 0 Å². The van der Waals surface area contributed by atoms with Gasteiger partial charge in [0.25, 0.3) is 0 Å². The van der Waals surface area contributed by atoms with Gasteiger partial charge in [-0.05, 0) is 96.8 Å². The van der Waals surface area contributed by atoms with Gasteiger partial charge >= 0.3 is 0 Å². The van der Waals surface area contributed by atoms with Crippen LogP contribution in [-0.4, -0.2) is 31.1 Å². The van der Waals surface area contributed by atoms with Crippen LogP contribution in [0, 0.1) is 0 Å². The van der Waals surface area contributed by atoms with Crippen molar-refractivity contribution in [2.45, 2.75) is 18.9 Å². The molecule has 6 aromatic rings. The minimum atomic E-state index is -0.363. The summed E-state index contributed by atoms with van der Waals surface area (Å²) in [7, 11) is 0. The van der Waals surface area contributed by atoms with Gasteiger partial charge < -0.3 is 0 Å². The van der Waals surface area contributed by atoms with E-state index < -0.39 is 0 Å². The zero-order valence-electron chi connectivity index (χ0n) is 23.7. The first-order valence-electron chi connectivity index (χ1n) is 14.2. The van der Waals surface area contributed by atoms with Crippen molar-refractivity contribution in [2.24, 2.45) is 4.99 Å². The van der Waals surface area contributed by atoms with Gasteiger partial charge in [0.1, 0.15) is 5.54 Å². The number of aromatic nitrogens is 5. The maximum absolute atomic E-state index is 4.95. The molecule has 0 amide bonds. The number of nitrogens with zero attached hydrogens (tertiary/aromatic N) is 6. The first-order chi connectivity index (χ1) is 21.1. The number of hydrogen-bond donors (Lipinski definition) is 0. The number of benzene rings is 1. The van der Waals surface area contributed by atoms with E-state index in [4.69, 9.17) is 19.9 Å². The molecule has 1 aliphatic heterocycles. The zero-order chi connectivity index (χ0) is 29.1. The van der Waals surface area contributed by atoms with E-state index in [-0.39, 0.29) is 5.54 Å². The van der Waals surface area contributed by atoms with Crippen LogP contribution in [0.1, 0.15) is 19.0 Å². The molecule has 0 spiro atoms. The second-order valence-electron chi connectivity index (χ2n) is 10.7. The lowest BCUT2D eigenvalue weighted by atomic mass is 9.92. The quantitative estimate of drug-likeness (QED) is 0.206. The fraction of sp³-hybridized carbons (Fsp3) is 0.0811. The van der Waals surface area contributed by atoms with Crippen LogP contribution in [0.15, 0.2) is 139 Å². The van der Waals surface area contributed by atoms with Gasteiger partial charge in [0.2, 0.25) is 0 Å². The summed E-state index contributed by atoms with van der Waals surface area (Å²) in [6.45, 7) is 2.12. The molecular weight excluding hydrogens is 528 g/mol. The highest BCUT2D eigenvalue weighted by Crippen LogP contribution is 2.34. The van der Waals surface area contributed by atoms with Gasteiger partial charge in [0.05, 0.1) is 28.5 Å². The van der Waals surface area contributed by atoms with Crippen molar-refractivity contribution in [1.29, 1.82) is 0 Å². The van der Waals surface area contributed by atoms with Crippen molar-refractivity contribution in [1.82, 2.24) is 24.9 Å². The molecule has 6 nitrogen and oxygen atoms in total. The van der Waals surface area contributed by atoms with Crippen LogP contribution >= 0.6 is 0 Å². The fourth-order valence-electron chi connectivity index (χ4n) is 5.27. The van der Waals surface area contributed by atoms with Crippen molar-refractivity contribution in [3.8, 4) is 56.2 Å². The molecule has 1 atom stereocenters. The van der Waals surface area contributed by atoms with Crippen molar-refractivity contribution in [3.05, 3.63) is 140 Å². The number of rotatable bonds is 6. The predicted octanol–water partition coefficient (Wildman–Crippen LogP) is 8.24. The number of allylic oxidation sites excluding steroid dienone is 1. The zero-order valence-corrected chi connectivity index (χ0v) is 23.7. The Morgan fingerprint density at radius 1 is 0.558 bits per heavy atom. The average Bonchev–Trinajstić information content (AvgIpc) is 3.09. The van der Waals surface area contributed by atoms with E-state index in [1.54, 1.807) is 12.4 Å². The van der Waals surface area contributed by atoms with Crippen LogP contribution in [0.25, 0.3) is 56.2 Å². The fourth-order valence-corrected chi connectivity index (χ4v) is 5.27. The first kappa shape index (κ1) is 26.3. The van der Waals surface area contributed by atoms with E-state index in [2.05, 4.69) is 59.4 Å². The highest BCUT2D eigenvalue weighted by atomic mass is 14.9. The Morgan fingerprint density at radius 2 is 1.23 bits per heavy atom. The monoisotopic (exact) mass is 556 g/mol. The molecule has 43 heavy (non-hydrogen) atoms. The largest absolute Gasteiger partial charge is 0.280 e. The van der Waals surface area contributed by atoms with E-state index in [1.807, 2.05) is 85.5 Å². The van der Waals surface area contributed by atoms with E-state index in [9.17, 15) is 0 Å². The molecule has 5 aromatic heterocycles. The van der Waals surface area contributed by atoms with Gasteiger partial charge in [-0.3, -0.25) is 24.9 Å². The molecule has 1 aliphatic rings. The summed E-state index contributed by atoms with van der Waals surface area (Å²) in [6.07, 6.45) is 16.1. The summed E-state index contributed by atoms with van der Waals surface area (Å²) in [6, 6.07) is 30.7. The number of pyridine rings is 5. The van der Waals surface area contributed by atoms with E-state index in [0.29, 0.717) is 0 Å². The Kier molecular flexibility index (Phi) is 6.93. The second kappa shape index (κ2) is 11.3. The molecule has 1 aromatic carbocycles. The SMILES string of the molecule is CC1(c2cccc(-c3ccc(-c4cc(-c5cccnc5)cc(-c5ccc(-c6ccccn6)nc5)c4)cn3)n2)CC=CC=N1. The highest BCUT2D eigenvalue weighted by molar-refractivity contribution is 5.81. The molecular formula is C37H28N6. The highest BCUT2D eigenvalue weighted by Gasteiger charge is 2.27. The lowest BCUT2D eigenvalue weighted by Crippen LogP contribution is -2.22. The lowest BCUT2D eigenvalue weighted by Gasteiger charge is -2.25. The molecule has 0 aliphatic carbocycles. The van der Waals surface area contributed by atoms with Gasteiger partial charge in [0.15, 0.2) is 0 Å². The number of aliphatic imine (C=N–C) groups is 1. The van der Waals surface area contributed by atoms with Gasteiger partial charge in [-0.1, -0.05) is 36.4 Å². The topological polar surface area (TPSA) is 76.8 Å². The Labute approximate surface area is 250 Å². The lowest BCUT2D eigenvalue weighted by molar-refractivity contribution is 0.489. The molecule has 0 N–H and O–H groups in total. The molecule has 0 fully saturated rings. The van der Waals surface area contributed by atoms with Crippen molar-refractivity contribution in [3.63, 3.8) is 0 Å². The van der Waals surface area contributed by atoms with E-state index in [0.717, 1.165) is 68.3 Å². The summed E-state index contributed by atoms with van der Waals surface area (Å²) in [5.41, 5.74) is 10.2. The Balaban J connectivity index is 1.24. The molecule has 7 rings (SSSR count). The van der Waals surface area contributed by atoms with Crippen molar-refractivity contribution < 1.29 is 0 Å². The normalized spacial score (nSPS) is 15.8. The van der Waals surface area contributed by atoms with Gasteiger partial charge in [-0.25, -0.2) is 4.98 Å². The predicted molar refractivity (Wildman–Crippen MR) is 172 cm³/mol. The van der Waals surface area contributed by atoms with Crippen LogP contribution in [-0.2, 0) is 5.54 Å². The molecule has 1 unspecified atom stereocenters. The smallest absolute Gasteiger partial charge is 0.103 e. The third-order valence-electron chi connectivity index (χ3n) is 7.71. The van der Waals surface area contributed by atoms with Crippen LogP contribution in [0.5, 0.6) is 0 Å². The molecule has 0 radical (unpaired) electrons. The summed E-state index contributed by atoms with van der Waals surface area (Å²) < 4.78 is 0. The van der Waals surface area contributed by atoms with E-state index >= 15 is 0 Å². The molecule has 0 saturated carbocycles. The maximum Gasteiger partial charge on any atom is 0.103 e. The first-order valence-corrected chi connectivity index (χ1v) is 14.2. The van der Waals surface area contributed by atoms with Gasteiger partial charge in [-0.2, -0.15) is 0 Å². The number of dihydropyridines is 1. The van der Waals surface area contributed by atoms with Gasteiger partial charge in [0, 0.05) is 53.9 Å². The standard InChI is InChI=1S/C37H28N6/c1-37(16-3-5-19-42-37)36-11-6-10-35(43-36)34-15-13-28(25-41-34)31-21-29(26-8-7-17-38-23-26)20-30(22-31)27-12-14-33(40-24-27)32-9-2-4-18-39-32/h2-15,17-25H,16H2,1H3. The summed E-state index contributed by atoms with van der Waals surface area (Å²) >= 11 is 0. The minimum absolute atomic E-state index is 0.363. The molecule has 0 saturated heterocycles. The summed E-state index contributed by atoms with van der Waals surface area (Å²) in [4.78, 5) is 28.0. The Morgan fingerprint density at radius 3 is 1.81 bits per heavy atom. The van der Waals surface area contributed by atoms with Crippen LogP contribution in [0.4, 0.5) is 0 Å². The maximum atomic E-state index is 4.95. The molecule has 0 bridgehead atoms. The number of hydrogen-bond acceptors (Lipinski definition) is 6. The van der Waals surface area contributed by atoms with Crippen LogP contribution in [0.3, 0.4) is 0 Å². The second-order valence-corrected chi connectivity index (χ2v) is 10.7. The molecule has 6 heteroatoms. The summed E-state index contributed by atoms with van der Waals surface area (Å²) in [5.74, 6) is 0. The minimum Gasteiger partial charge on any atom is -0.280 e. The Bertz CT molecular complexity index is 1930. The Hall–Kier alpha value is -5.62. The molecule has 206 valence electrons. The van der Waals surface area contributed by atoms with Gasteiger partial charge in [-0.15, -0.1) is 0 Å². The van der Waals surface area contributed by atoms with Crippen LogP contribution < -0.4 is 0 Å².